The van der Waals surface area contributed by atoms with Crippen LogP contribution in [0.2, 0.25) is 0 Å². The van der Waals surface area contributed by atoms with Crippen LogP contribution in [0.4, 0.5) is 0 Å². The summed E-state index contributed by atoms with van der Waals surface area (Å²) in [6.45, 7) is 1.02. The van der Waals surface area contributed by atoms with Crippen LogP contribution < -0.4 is 10.1 Å². The number of carbonyl (C=O) groups excluding carboxylic acids is 1. The SMILES string of the molecule is O=C(NC1=NCCS1)c1occc1COc1ccccc1. The third-order valence-corrected chi connectivity index (χ3v) is 3.79. The molecule has 0 saturated carbocycles. The molecule has 0 fully saturated rings. The molecule has 2 heterocycles. The Balaban J connectivity index is 1.64. The molecule has 21 heavy (non-hydrogen) atoms. The Morgan fingerprint density at radius 3 is 2.95 bits per heavy atom. The van der Waals surface area contributed by atoms with Crippen molar-refractivity contribution in [1.82, 2.24) is 5.32 Å². The molecule has 0 atom stereocenters. The molecule has 1 aliphatic heterocycles. The smallest absolute Gasteiger partial charge is 0.293 e. The van der Waals surface area contributed by atoms with Crippen LogP contribution in [-0.4, -0.2) is 23.4 Å². The van der Waals surface area contributed by atoms with Gasteiger partial charge in [-0.1, -0.05) is 30.0 Å². The largest absolute Gasteiger partial charge is 0.489 e. The van der Waals surface area contributed by atoms with E-state index in [2.05, 4.69) is 10.3 Å². The molecular formula is C15H14N2O3S. The van der Waals surface area contributed by atoms with E-state index in [-0.39, 0.29) is 18.3 Å². The lowest BCUT2D eigenvalue weighted by molar-refractivity contribution is 0.0947. The summed E-state index contributed by atoms with van der Waals surface area (Å²) < 4.78 is 10.9. The maximum atomic E-state index is 12.1. The van der Waals surface area contributed by atoms with Crippen LogP contribution in [0.3, 0.4) is 0 Å². The summed E-state index contributed by atoms with van der Waals surface area (Å²) in [6.07, 6.45) is 1.49. The highest BCUT2D eigenvalue weighted by atomic mass is 32.2. The van der Waals surface area contributed by atoms with Crippen LogP contribution in [0.15, 0.2) is 52.1 Å². The lowest BCUT2D eigenvalue weighted by Gasteiger charge is -2.06. The monoisotopic (exact) mass is 302 g/mol. The summed E-state index contributed by atoms with van der Waals surface area (Å²) >= 11 is 1.53. The number of amidine groups is 1. The molecule has 0 unspecified atom stereocenters. The minimum absolute atomic E-state index is 0.265. The molecule has 0 aliphatic carbocycles. The van der Waals surface area contributed by atoms with E-state index in [0.717, 1.165) is 18.0 Å². The average Bonchev–Trinajstić information content (AvgIpc) is 3.17. The molecular weight excluding hydrogens is 288 g/mol. The highest BCUT2D eigenvalue weighted by Crippen LogP contribution is 2.17. The van der Waals surface area contributed by atoms with Gasteiger partial charge >= 0.3 is 0 Å². The Morgan fingerprint density at radius 2 is 2.19 bits per heavy atom. The number of rotatable bonds is 4. The summed E-state index contributed by atoms with van der Waals surface area (Å²) in [5.41, 5.74) is 0.708. The number of amides is 1. The second kappa shape index (κ2) is 6.49. The van der Waals surface area contributed by atoms with Crippen molar-refractivity contribution in [3.8, 4) is 5.75 Å². The van der Waals surface area contributed by atoms with Crippen molar-refractivity contribution < 1.29 is 13.9 Å². The van der Waals surface area contributed by atoms with Crippen molar-refractivity contribution in [2.24, 2.45) is 4.99 Å². The summed E-state index contributed by atoms with van der Waals surface area (Å²) in [7, 11) is 0. The molecule has 0 radical (unpaired) electrons. The molecule has 1 aromatic carbocycles. The zero-order valence-corrected chi connectivity index (χ0v) is 12.1. The maximum absolute atomic E-state index is 12.1. The topological polar surface area (TPSA) is 63.8 Å². The van der Waals surface area contributed by atoms with Crippen LogP contribution in [0.25, 0.3) is 0 Å². The summed E-state index contributed by atoms with van der Waals surface area (Å²) in [4.78, 5) is 16.3. The predicted octanol–water partition coefficient (Wildman–Crippen LogP) is 2.69. The zero-order chi connectivity index (χ0) is 14.5. The highest BCUT2D eigenvalue weighted by molar-refractivity contribution is 8.14. The van der Waals surface area contributed by atoms with Crippen molar-refractivity contribution in [3.05, 3.63) is 54.0 Å². The van der Waals surface area contributed by atoms with Crippen LogP contribution in [-0.2, 0) is 6.61 Å². The van der Waals surface area contributed by atoms with Gasteiger partial charge in [0.15, 0.2) is 10.9 Å². The van der Waals surface area contributed by atoms with Crippen molar-refractivity contribution in [1.29, 1.82) is 0 Å². The van der Waals surface area contributed by atoms with E-state index < -0.39 is 0 Å². The van der Waals surface area contributed by atoms with Gasteiger partial charge in [-0.3, -0.25) is 15.1 Å². The molecule has 1 aliphatic rings. The number of hydrogen-bond acceptors (Lipinski definition) is 5. The number of thioether (sulfide) groups is 1. The number of carbonyl (C=O) groups is 1. The Labute approximate surface area is 126 Å². The molecule has 2 aromatic rings. The molecule has 1 N–H and O–H groups in total. The fourth-order valence-corrected chi connectivity index (χ4v) is 2.61. The van der Waals surface area contributed by atoms with Crippen molar-refractivity contribution >= 4 is 22.8 Å². The first-order valence-corrected chi connectivity index (χ1v) is 7.54. The Kier molecular flexibility index (Phi) is 4.25. The van der Waals surface area contributed by atoms with Crippen LogP contribution >= 0.6 is 11.8 Å². The molecule has 0 saturated heterocycles. The van der Waals surface area contributed by atoms with E-state index in [9.17, 15) is 4.79 Å². The third-order valence-electron chi connectivity index (χ3n) is 2.90. The van der Waals surface area contributed by atoms with Crippen molar-refractivity contribution in [3.63, 3.8) is 0 Å². The van der Waals surface area contributed by atoms with Gasteiger partial charge in [0.2, 0.25) is 0 Å². The van der Waals surface area contributed by atoms with Crippen LogP contribution in [0.1, 0.15) is 16.1 Å². The van der Waals surface area contributed by atoms with E-state index >= 15 is 0 Å². The molecule has 5 nitrogen and oxygen atoms in total. The second-order valence-corrected chi connectivity index (χ2v) is 5.45. The molecule has 1 amide bonds. The molecule has 1 aromatic heterocycles. The van der Waals surface area contributed by atoms with Crippen molar-refractivity contribution in [2.45, 2.75) is 6.61 Å². The van der Waals surface area contributed by atoms with Crippen LogP contribution in [0, 0.1) is 0 Å². The van der Waals surface area contributed by atoms with E-state index in [4.69, 9.17) is 9.15 Å². The van der Waals surface area contributed by atoms with Gasteiger partial charge in [-0.15, -0.1) is 0 Å². The number of ether oxygens (including phenoxy) is 1. The van der Waals surface area contributed by atoms with Gasteiger partial charge in [0.25, 0.3) is 5.91 Å². The third kappa shape index (κ3) is 3.46. The average molecular weight is 302 g/mol. The number of nitrogens with zero attached hydrogens (tertiary/aromatic N) is 1. The highest BCUT2D eigenvalue weighted by Gasteiger charge is 2.19. The second-order valence-electron chi connectivity index (χ2n) is 4.37. The number of aliphatic imine (C=N–C) groups is 1. The summed E-state index contributed by atoms with van der Waals surface area (Å²) in [5, 5.41) is 3.39. The number of benzene rings is 1. The number of furan rings is 1. The standard InChI is InChI=1S/C15H14N2O3S/c18-14(17-15-16-7-9-21-15)13-11(6-8-19-13)10-20-12-4-2-1-3-5-12/h1-6,8H,7,9-10H2,(H,16,17,18). The first-order chi connectivity index (χ1) is 10.3. The molecule has 0 bridgehead atoms. The van der Waals surface area contributed by atoms with E-state index in [0.29, 0.717) is 10.7 Å². The van der Waals surface area contributed by atoms with Gasteiger partial charge < -0.3 is 9.15 Å². The quantitative estimate of drug-likeness (QED) is 0.943. The lowest BCUT2D eigenvalue weighted by atomic mass is 10.2. The number of para-hydroxylation sites is 1. The molecule has 3 rings (SSSR count). The Morgan fingerprint density at radius 1 is 1.33 bits per heavy atom. The summed E-state index contributed by atoms with van der Waals surface area (Å²) in [5.74, 6) is 1.62. The molecule has 6 heteroatoms. The van der Waals surface area contributed by atoms with E-state index in [1.54, 1.807) is 6.07 Å². The predicted molar refractivity (Wildman–Crippen MR) is 81.7 cm³/mol. The van der Waals surface area contributed by atoms with Gasteiger partial charge in [-0.05, 0) is 18.2 Å². The van der Waals surface area contributed by atoms with Gasteiger partial charge in [-0.2, -0.15) is 0 Å². The van der Waals surface area contributed by atoms with Gasteiger partial charge in [0.05, 0.1) is 12.8 Å². The van der Waals surface area contributed by atoms with Crippen LogP contribution in [0.5, 0.6) is 5.75 Å². The van der Waals surface area contributed by atoms with E-state index in [1.165, 1.54) is 18.0 Å². The first-order valence-electron chi connectivity index (χ1n) is 6.56. The van der Waals surface area contributed by atoms with Gasteiger partial charge in [0, 0.05) is 11.3 Å². The Hall–Kier alpha value is -2.21. The minimum atomic E-state index is -0.292. The maximum Gasteiger partial charge on any atom is 0.293 e. The minimum Gasteiger partial charge on any atom is -0.489 e. The zero-order valence-electron chi connectivity index (χ0n) is 11.2. The lowest BCUT2D eigenvalue weighted by Crippen LogP contribution is -2.27. The fraction of sp³-hybridized carbons (Fsp3) is 0.200. The van der Waals surface area contributed by atoms with E-state index in [1.807, 2.05) is 30.3 Å². The fourth-order valence-electron chi connectivity index (χ4n) is 1.89. The molecule has 108 valence electrons. The summed E-state index contributed by atoms with van der Waals surface area (Å²) in [6, 6.07) is 11.2. The normalized spacial score (nSPS) is 13.8. The first kappa shape index (κ1) is 13.8. The van der Waals surface area contributed by atoms with Crippen molar-refractivity contribution in [2.75, 3.05) is 12.3 Å². The number of nitrogens with one attached hydrogen (secondary N) is 1. The van der Waals surface area contributed by atoms with Gasteiger partial charge in [0.1, 0.15) is 12.4 Å². The Bertz CT molecular complexity index is 652. The van der Waals surface area contributed by atoms with Gasteiger partial charge in [-0.25, -0.2) is 0 Å². The molecule has 0 spiro atoms. The number of hydrogen-bond donors (Lipinski definition) is 1.